The lowest BCUT2D eigenvalue weighted by molar-refractivity contribution is 0.749. The number of hydrogen-bond acceptors (Lipinski definition) is 1. The number of rotatable bonds is 0. The van der Waals surface area contributed by atoms with Gasteiger partial charge in [-0.25, -0.2) is 0 Å². The van der Waals surface area contributed by atoms with Crippen molar-refractivity contribution in [3.05, 3.63) is 0 Å². The van der Waals surface area contributed by atoms with Crippen LogP contribution in [-0.4, -0.2) is 12.8 Å². The summed E-state index contributed by atoms with van der Waals surface area (Å²) in [4.78, 5) is 4.05. The molecule has 0 aromatic rings. The van der Waals surface area contributed by atoms with E-state index in [2.05, 4.69) is 4.99 Å². The standard InChI is InChI=1S/C5H9N/c1-2-4-6-5-3-1/h4H,1-3,5H2/i1+1,3+1,5+1. The fraction of sp³-hybridized carbons (Fsp3) is 0.800. The summed E-state index contributed by atoms with van der Waals surface area (Å²) in [5.74, 6) is 0. The quantitative estimate of drug-likeness (QED) is 0.393. The first-order chi connectivity index (χ1) is 3.00. The predicted octanol–water partition coefficient (Wildman–Crippen LogP) is 1.24. The molecular formula is C5H9N. The molecule has 0 bridgehead atoms. The summed E-state index contributed by atoms with van der Waals surface area (Å²) in [6, 6.07) is 0. The van der Waals surface area contributed by atoms with Crippen LogP contribution in [0.3, 0.4) is 0 Å². The minimum atomic E-state index is 1.07. The fourth-order valence-corrected chi connectivity index (χ4v) is 0.621. The van der Waals surface area contributed by atoms with Crippen LogP contribution in [0.25, 0.3) is 0 Å². The van der Waals surface area contributed by atoms with Crippen LogP contribution in [0.2, 0.25) is 0 Å². The van der Waals surface area contributed by atoms with Crippen molar-refractivity contribution in [2.75, 3.05) is 6.54 Å². The van der Waals surface area contributed by atoms with Crippen LogP contribution in [0, 0.1) is 0 Å². The van der Waals surface area contributed by atoms with Gasteiger partial charge >= 0.3 is 0 Å². The summed E-state index contributed by atoms with van der Waals surface area (Å²) >= 11 is 0. The van der Waals surface area contributed by atoms with E-state index in [1.54, 1.807) is 0 Å². The van der Waals surface area contributed by atoms with Gasteiger partial charge in [-0.2, -0.15) is 0 Å². The second-order valence-electron chi connectivity index (χ2n) is 1.58. The number of nitrogens with zero attached hydrogens (tertiary/aromatic N) is 1. The van der Waals surface area contributed by atoms with E-state index in [1.807, 2.05) is 6.21 Å². The van der Waals surface area contributed by atoms with Gasteiger partial charge in [0, 0.05) is 6.54 Å². The lowest BCUT2D eigenvalue weighted by Crippen LogP contribution is -1.89. The highest BCUT2D eigenvalue weighted by Gasteiger charge is 1.88. The van der Waals surface area contributed by atoms with Gasteiger partial charge in [0.1, 0.15) is 0 Å². The van der Waals surface area contributed by atoms with E-state index in [0.29, 0.717) is 0 Å². The minimum Gasteiger partial charge on any atom is -0.298 e. The monoisotopic (exact) mass is 86.1 g/mol. The molecule has 1 aliphatic rings. The van der Waals surface area contributed by atoms with Crippen LogP contribution < -0.4 is 0 Å². The van der Waals surface area contributed by atoms with Gasteiger partial charge in [0.25, 0.3) is 0 Å². The molecule has 6 heavy (non-hydrogen) atoms. The van der Waals surface area contributed by atoms with Crippen LogP contribution in [0.5, 0.6) is 0 Å². The smallest absolute Gasteiger partial charge is 0.0385 e. The van der Waals surface area contributed by atoms with Crippen LogP contribution in [-0.2, 0) is 0 Å². The molecule has 1 aliphatic heterocycles. The molecule has 1 nitrogen and oxygen atoms in total. The molecule has 1 heterocycles. The Labute approximate surface area is 38.1 Å². The molecule has 0 aromatic carbocycles. The Balaban J connectivity index is 2.26. The number of aliphatic imine (C=N–C) groups is 1. The van der Waals surface area contributed by atoms with Gasteiger partial charge in [0.05, 0.1) is 0 Å². The molecule has 0 unspecified atom stereocenters. The molecule has 34 valence electrons. The summed E-state index contributed by atoms with van der Waals surface area (Å²) in [5, 5.41) is 0. The fourth-order valence-electron chi connectivity index (χ4n) is 0.621. The first kappa shape index (κ1) is 3.85. The maximum absolute atomic E-state index is 4.05. The maximum atomic E-state index is 4.05. The van der Waals surface area contributed by atoms with E-state index >= 15 is 0 Å². The first-order valence-electron chi connectivity index (χ1n) is 2.48. The van der Waals surface area contributed by atoms with Gasteiger partial charge < -0.3 is 0 Å². The zero-order valence-electron chi connectivity index (χ0n) is 3.85. The molecule has 0 radical (unpaired) electrons. The molecular weight excluding hydrogens is 77.0 g/mol. The highest BCUT2D eigenvalue weighted by Crippen LogP contribution is 1.97. The topological polar surface area (TPSA) is 12.4 Å². The summed E-state index contributed by atoms with van der Waals surface area (Å²) in [7, 11) is 0. The Morgan fingerprint density at radius 1 is 1.33 bits per heavy atom. The maximum Gasteiger partial charge on any atom is 0.0385 e. The average molecular weight is 86.1 g/mol. The zero-order chi connectivity index (χ0) is 4.24. The summed E-state index contributed by atoms with van der Waals surface area (Å²) in [6.45, 7) is 1.07. The molecule has 0 N–H and O–H groups in total. The van der Waals surface area contributed by atoms with Crippen molar-refractivity contribution in [2.24, 2.45) is 4.99 Å². The van der Waals surface area contributed by atoms with Gasteiger partial charge in [-0.3, -0.25) is 4.99 Å². The van der Waals surface area contributed by atoms with Crippen molar-refractivity contribution >= 4 is 6.21 Å². The molecule has 1 heteroatoms. The van der Waals surface area contributed by atoms with Gasteiger partial charge in [-0.15, -0.1) is 0 Å². The Morgan fingerprint density at radius 3 is 2.50 bits per heavy atom. The van der Waals surface area contributed by atoms with E-state index in [0.717, 1.165) is 6.54 Å². The largest absolute Gasteiger partial charge is 0.298 e. The Hall–Kier alpha value is -0.330. The van der Waals surface area contributed by atoms with Crippen LogP contribution >= 0.6 is 0 Å². The lowest BCUT2D eigenvalue weighted by atomic mass is 10.6. The van der Waals surface area contributed by atoms with E-state index in [-0.39, 0.29) is 0 Å². The van der Waals surface area contributed by atoms with Gasteiger partial charge in [-0.05, 0) is 25.5 Å². The van der Waals surface area contributed by atoms with Crippen LogP contribution in [0.4, 0.5) is 0 Å². The highest BCUT2D eigenvalue weighted by molar-refractivity contribution is 5.57. The van der Waals surface area contributed by atoms with Crippen molar-refractivity contribution in [1.29, 1.82) is 0 Å². The molecule has 0 spiro atoms. The second-order valence-corrected chi connectivity index (χ2v) is 1.58. The van der Waals surface area contributed by atoms with Gasteiger partial charge in [0.15, 0.2) is 0 Å². The molecule has 0 saturated heterocycles. The number of hydrogen-bond donors (Lipinski definition) is 0. The third kappa shape index (κ3) is 0.814. The van der Waals surface area contributed by atoms with Crippen molar-refractivity contribution in [1.82, 2.24) is 0 Å². The molecule has 0 saturated carbocycles. The normalized spacial score (nSPS) is 21.3. The van der Waals surface area contributed by atoms with Crippen molar-refractivity contribution < 1.29 is 0 Å². The summed E-state index contributed by atoms with van der Waals surface area (Å²) in [5.41, 5.74) is 0. The molecule has 0 amide bonds. The minimum absolute atomic E-state index is 1.07. The summed E-state index contributed by atoms with van der Waals surface area (Å²) in [6.07, 6.45) is 5.88. The molecule has 0 fully saturated rings. The highest BCUT2D eigenvalue weighted by atomic mass is 15.0. The van der Waals surface area contributed by atoms with Gasteiger partial charge in [-0.1, -0.05) is 0 Å². The van der Waals surface area contributed by atoms with Crippen molar-refractivity contribution in [3.63, 3.8) is 0 Å². The predicted molar refractivity (Wildman–Crippen MR) is 27.2 cm³/mol. The molecule has 0 aliphatic carbocycles. The molecule has 0 aromatic heterocycles. The summed E-state index contributed by atoms with van der Waals surface area (Å²) < 4.78 is 0. The zero-order valence-corrected chi connectivity index (χ0v) is 3.85. The Morgan fingerprint density at radius 2 is 2.33 bits per heavy atom. The Kier molecular flexibility index (Phi) is 1.25. The average Bonchev–Trinajstić information content (AvgIpc) is 1.72. The first-order valence-corrected chi connectivity index (χ1v) is 2.48. The van der Waals surface area contributed by atoms with Crippen LogP contribution in [0.15, 0.2) is 4.99 Å². The second kappa shape index (κ2) is 1.96. The third-order valence-electron chi connectivity index (χ3n) is 1.000. The van der Waals surface area contributed by atoms with E-state index in [1.165, 1.54) is 19.3 Å². The van der Waals surface area contributed by atoms with Crippen molar-refractivity contribution in [3.8, 4) is 0 Å². The molecule has 1 rings (SSSR count). The molecule has 0 atom stereocenters. The van der Waals surface area contributed by atoms with Crippen LogP contribution in [0.1, 0.15) is 19.3 Å². The lowest BCUT2D eigenvalue weighted by Gasteiger charge is -1.97. The van der Waals surface area contributed by atoms with E-state index < -0.39 is 0 Å². The Bertz CT molecular complexity index is 49.0. The van der Waals surface area contributed by atoms with E-state index in [4.69, 9.17) is 0 Å². The van der Waals surface area contributed by atoms with Gasteiger partial charge in [0.2, 0.25) is 0 Å². The van der Waals surface area contributed by atoms with Crippen molar-refractivity contribution in [2.45, 2.75) is 19.3 Å². The third-order valence-corrected chi connectivity index (χ3v) is 1.000. The SMILES string of the molecule is C1=N[13CH2][13CH2][13CH2]C1. The van der Waals surface area contributed by atoms with E-state index in [9.17, 15) is 0 Å².